The van der Waals surface area contributed by atoms with Crippen LogP contribution >= 0.6 is 27.5 Å². The highest BCUT2D eigenvalue weighted by molar-refractivity contribution is 9.10. The zero-order chi connectivity index (χ0) is 13.2. The molecule has 4 heteroatoms. The van der Waals surface area contributed by atoms with Crippen molar-refractivity contribution in [1.29, 1.82) is 0 Å². The predicted molar refractivity (Wildman–Crippen MR) is 79.5 cm³/mol. The molecule has 0 saturated carbocycles. The minimum absolute atomic E-state index is 0.338. The highest BCUT2D eigenvalue weighted by atomic mass is 79.9. The van der Waals surface area contributed by atoms with Crippen LogP contribution in [0.5, 0.6) is 0 Å². The molecule has 1 aromatic carbocycles. The molecule has 1 atom stereocenters. The number of alkyl halides is 1. The number of ether oxygens (including phenoxy) is 2. The van der Waals surface area contributed by atoms with Gasteiger partial charge in [-0.1, -0.05) is 34.1 Å². The van der Waals surface area contributed by atoms with E-state index in [0.717, 1.165) is 37.1 Å². The third-order valence-electron chi connectivity index (χ3n) is 2.78. The standard InChI is InChI=1S/C14H20BrClO2/c1-17-8-4-9-18-10-7-12(11-16)13-5-2-3-6-14(13)15/h2-3,5-6,12H,4,7-11H2,1H3. The maximum absolute atomic E-state index is 6.04. The lowest BCUT2D eigenvalue weighted by Crippen LogP contribution is -2.07. The van der Waals surface area contributed by atoms with Crippen molar-refractivity contribution >= 4 is 27.5 Å². The van der Waals surface area contributed by atoms with Gasteiger partial charge >= 0.3 is 0 Å². The Hall–Kier alpha value is -0.0900. The van der Waals surface area contributed by atoms with E-state index in [0.29, 0.717) is 11.8 Å². The Morgan fingerprint density at radius 3 is 2.67 bits per heavy atom. The van der Waals surface area contributed by atoms with Gasteiger partial charge in [-0.15, -0.1) is 11.6 Å². The Labute approximate surface area is 123 Å². The number of hydrogen-bond donors (Lipinski definition) is 0. The lowest BCUT2D eigenvalue weighted by atomic mass is 9.98. The van der Waals surface area contributed by atoms with Crippen LogP contribution in [0.1, 0.15) is 24.3 Å². The summed E-state index contributed by atoms with van der Waals surface area (Å²) < 4.78 is 11.7. The lowest BCUT2D eigenvalue weighted by Gasteiger charge is -2.16. The molecule has 0 saturated heterocycles. The lowest BCUT2D eigenvalue weighted by molar-refractivity contribution is 0.0989. The first kappa shape index (κ1) is 16.0. The van der Waals surface area contributed by atoms with E-state index in [2.05, 4.69) is 22.0 Å². The monoisotopic (exact) mass is 334 g/mol. The van der Waals surface area contributed by atoms with Crippen molar-refractivity contribution in [1.82, 2.24) is 0 Å². The second kappa shape index (κ2) is 9.79. The molecule has 0 bridgehead atoms. The molecule has 2 nitrogen and oxygen atoms in total. The van der Waals surface area contributed by atoms with Gasteiger partial charge in [-0.25, -0.2) is 0 Å². The van der Waals surface area contributed by atoms with Crippen molar-refractivity contribution in [2.45, 2.75) is 18.8 Å². The third-order valence-corrected chi connectivity index (χ3v) is 3.87. The second-order valence-electron chi connectivity index (χ2n) is 4.12. The molecule has 0 aliphatic carbocycles. The van der Waals surface area contributed by atoms with E-state index in [1.54, 1.807) is 7.11 Å². The van der Waals surface area contributed by atoms with Crippen LogP contribution in [0.4, 0.5) is 0 Å². The summed E-state index contributed by atoms with van der Waals surface area (Å²) in [6, 6.07) is 8.22. The van der Waals surface area contributed by atoms with E-state index in [1.165, 1.54) is 5.56 Å². The Balaban J connectivity index is 2.32. The summed E-state index contributed by atoms with van der Waals surface area (Å²) in [6.45, 7) is 2.24. The van der Waals surface area contributed by atoms with Crippen LogP contribution in [-0.2, 0) is 9.47 Å². The minimum Gasteiger partial charge on any atom is -0.385 e. The zero-order valence-corrected chi connectivity index (χ0v) is 13.0. The topological polar surface area (TPSA) is 18.5 Å². The SMILES string of the molecule is COCCCOCCC(CCl)c1ccccc1Br. The van der Waals surface area contributed by atoms with Crippen LogP contribution in [0.3, 0.4) is 0 Å². The third kappa shape index (κ3) is 5.70. The molecule has 1 unspecified atom stereocenters. The summed E-state index contributed by atoms with van der Waals surface area (Å²) in [5, 5.41) is 0. The van der Waals surface area contributed by atoms with Crippen molar-refractivity contribution < 1.29 is 9.47 Å². The first-order chi connectivity index (χ1) is 8.79. The van der Waals surface area contributed by atoms with Crippen LogP contribution < -0.4 is 0 Å². The van der Waals surface area contributed by atoms with E-state index < -0.39 is 0 Å². The highest BCUT2D eigenvalue weighted by Gasteiger charge is 2.12. The summed E-state index contributed by atoms with van der Waals surface area (Å²) >= 11 is 9.61. The summed E-state index contributed by atoms with van der Waals surface area (Å²) in [5.74, 6) is 0.953. The van der Waals surface area contributed by atoms with Gasteiger partial charge in [0.2, 0.25) is 0 Å². The van der Waals surface area contributed by atoms with Gasteiger partial charge in [0.15, 0.2) is 0 Å². The number of halogens is 2. The van der Waals surface area contributed by atoms with Crippen LogP contribution in [-0.4, -0.2) is 32.8 Å². The van der Waals surface area contributed by atoms with E-state index in [-0.39, 0.29) is 0 Å². The largest absolute Gasteiger partial charge is 0.385 e. The van der Waals surface area contributed by atoms with Crippen molar-refractivity contribution in [3.8, 4) is 0 Å². The fraction of sp³-hybridized carbons (Fsp3) is 0.571. The molecule has 0 radical (unpaired) electrons. The van der Waals surface area contributed by atoms with Gasteiger partial charge in [-0.2, -0.15) is 0 Å². The maximum atomic E-state index is 6.04. The summed E-state index contributed by atoms with van der Waals surface area (Å²) in [4.78, 5) is 0. The van der Waals surface area contributed by atoms with Crippen molar-refractivity contribution in [2.24, 2.45) is 0 Å². The molecular formula is C14H20BrClO2. The summed E-state index contributed by atoms with van der Waals surface area (Å²) in [7, 11) is 1.70. The maximum Gasteiger partial charge on any atom is 0.0487 e. The Bertz CT molecular complexity index is 333. The second-order valence-corrected chi connectivity index (χ2v) is 5.28. The van der Waals surface area contributed by atoms with Gasteiger partial charge in [-0.3, -0.25) is 0 Å². The van der Waals surface area contributed by atoms with Crippen molar-refractivity contribution in [3.05, 3.63) is 34.3 Å². The fourth-order valence-corrected chi connectivity index (χ4v) is 2.68. The first-order valence-electron chi connectivity index (χ1n) is 6.16. The molecule has 0 heterocycles. The first-order valence-corrected chi connectivity index (χ1v) is 7.49. The Morgan fingerprint density at radius 1 is 1.22 bits per heavy atom. The van der Waals surface area contributed by atoms with Crippen LogP contribution in [0.15, 0.2) is 28.7 Å². The molecule has 0 aliphatic heterocycles. The van der Waals surface area contributed by atoms with Gasteiger partial charge in [0.1, 0.15) is 0 Å². The van der Waals surface area contributed by atoms with E-state index in [9.17, 15) is 0 Å². The molecule has 1 aromatic rings. The van der Waals surface area contributed by atoms with Crippen molar-refractivity contribution in [2.75, 3.05) is 32.8 Å². The smallest absolute Gasteiger partial charge is 0.0487 e. The molecule has 0 amide bonds. The van der Waals surface area contributed by atoms with Gasteiger partial charge in [0.25, 0.3) is 0 Å². The van der Waals surface area contributed by atoms with E-state index in [4.69, 9.17) is 21.1 Å². The van der Waals surface area contributed by atoms with Crippen LogP contribution in [0, 0.1) is 0 Å². The van der Waals surface area contributed by atoms with E-state index in [1.807, 2.05) is 18.2 Å². The minimum atomic E-state index is 0.338. The fourth-order valence-electron chi connectivity index (χ4n) is 1.75. The molecule has 0 N–H and O–H groups in total. The number of benzene rings is 1. The molecule has 102 valence electrons. The van der Waals surface area contributed by atoms with Gasteiger partial charge in [0, 0.05) is 43.2 Å². The normalized spacial score (nSPS) is 12.6. The summed E-state index contributed by atoms with van der Waals surface area (Å²) in [5.41, 5.74) is 1.26. The number of rotatable bonds is 9. The highest BCUT2D eigenvalue weighted by Crippen LogP contribution is 2.28. The summed E-state index contributed by atoms with van der Waals surface area (Å²) in [6.07, 6.45) is 1.89. The number of methoxy groups -OCH3 is 1. The van der Waals surface area contributed by atoms with Crippen LogP contribution in [0.2, 0.25) is 0 Å². The Kier molecular flexibility index (Phi) is 8.68. The average Bonchev–Trinajstić information content (AvgIpc) is 2.39. The average molecular weight is 336 g/mol. The van der Waals surface area contributed by atoms with E-state index >= 15 is 0 Å². The Morgan fingerprint density at radius 2 is 2.00 bits per heavy atom. The quantitative estimate of drug-likeness (QED) is 0.497. The predicted octanol–water partition coefficient (Wildman–Crippen LogP) is 4.21. The van der Waals surface area contributed by atoms with Gasteiger partial charge in [-0.05, 0) is 24.5 Å². The molecule has 0 aromatic heterocycles. The molecule has 0 fully saturated rings. The molecule has 0 aliphatic rings. The molecule has 1 rings (SSSR count). The van der Waals surface area contributed by atoms with Crippen molar-refractivity contribution in [3.63, 3.8) is 0 Å². The van der Waals surface area contributed by atoms with Gasteiger partial charge in [0.05, 0.1) is 0 Å². The van der Waals surface area contributed by atoms with Gasteiger partial charge < -0.3 is 9.47 Å². The molecular weight excluding hydrogens is 316 g/mol. The van der Waals surface area contributed by atoms with Crippen LogP contribution in [0.25, 0.3) is 0 Å². The zero-order valence-electron chi connectivity index (χ0n) is 10.7. The molecule has 0 spiro atoms. The number of hydrogen-bond acceptors (Lipinski definition) is 2. The molecule has 18 heavy (non-hydrogen) atoms.